The Bertz CT molecular complexity index is 203. The van der Waals surface area contributed by atoms with Crippen molar-refractivity contribution in [1.29, 1.82) is 0 Å². The van der Waals surface area contributed by atoms with Crippen molar-refractivity contribution in [2.24, 2.45) is 5.73 Å². The fourth-order valence-electron chi connectivity index (χ4n) is 1.85. The number of methoxy groups -OCH3 is 1. The van der Waals surface area contributed by atoms with Gasteiger partial charge in [0.25, 0.3) is 0 Å². The van der Waals surface area contributed by atoms with E-state index in [1.54, 1.807) is 0 Å². The van der Waals surface area contributed by atoms with Gasteiger partial charge in [-0.2, -0.15) is 0 Å². The van der Waals surface area contributed by atoms with Crippen molar-refractivity contribution in [3.63, 3.8) is 0 Å². The maximum absolute atomic E-state index is 11.0. The quantitative estimate of drug-likeness (QED) is 0.632. The summed E-state index contributed by atoms with van der Waals surface area (Å²) >= 11 is 0. The van der Waals surface area contributed by atoms with Gasteiger partial charge in [-0.25, -0.2) is 0 Å². The summed E-state index contributed by atoms with van der Waals surface area (Å²) in [7, 11) is 1.50. The van der Waals surface area contributed by atoms with Gasteiger partial charge in [0, 0.05) is 19.7 Å². The number of hydrogen-bond acceptors (Lipinski definition) is 4. The summed E-state index contributed by atoms with van der Waals surface area (Å²) < 4.78 is 10.3. The molecule has 5 nitrogen and oxygen atoms in total. The lowest BCUT2D eigenvalue weighted by molar-refractivity contribution is -0.125. The van der Waals surface area contributed by atoms with Crippen molar-refractivity contribution in [3.8, 4) is 0 Å². The molecule has 0 aromatic carbocycles. The molecule has 1 rings (SSSR count). The van der Waals surface area contributed by atoms with E-state index in [1.165, 1.54) is 7.11 Å². The molecule has 3 N–H and O–H groups in total. The topological polar surface area (TPSA) is 73.6 Å². The molecule has 5 heteroatoms. The van der Waals surface area contributed by atoms with E-state index >= 15 is 0 Å². The van der Waals surface area contributed by atoms with Crippen LogP contribution in [0, 0.1) is 0 Å². The standard InChI is InChI=1S/C11H22N2O3/c1-15-8-11(14)13-6-7-16-10-4-2-9(12)3-5-10/h9-10H,2-8,12H2,1H3,(H,13,14). The molecule has 0 radical (unpaired) electrons. The highest BCUT2D eigenvalue weighted by Crippen LogP contribution is 2.19. The van der Waals surface area contributed by atoms with Crippen LogP contribution in [0.5, 0.6) is 0 Å². The summed E-state index contributed by atoms with van der Waals surface area (Å²) in [5, 5.41) is 2.72. The third-order valence-electron chi connectivity index (χ3n) is 2.77. The van der Waals surface area contributed by atoms with E-state index in [2.05, 4.69) is 5.32 Å². The number of carbonyl (C=O) groups is 1. The Kier molecular flexibility index (Phi) is 6.37. The molecule has 1 aliphatic rings. The number of rotatable bonds is 6. The van der Waals surface area contributed by atoms with Crippen LogP contribution in [0.2, 0.25) is 0 Å². The van der Waals surface area contributed by atoms with Crippen LogP contribution in [-0.2, 0) is 14.3 Å². The fraction of sp³-hybridized carbons (Fsp3) is 0.909. The lowest BCUT2D eigenvalue weighted by Gasteiger charge is -2.26. The summed E-state index contributed by atoms with van der Waals surface area (Å²) in [5.74, 6) is -0.100. The van der Waals surface area contributed by atoms with Gasteiger partial charge in [-0.05, 0) is 25.7 Å². The minimum absolute atomic E-state index is 0.100. The summed E-state index contributed by atoms with van der Waals surface area (Å²) in [6.45, 7) is 1.22. The van der Waals surface area contributed by atoms with Crippen molar-refractivity contribution in [2.75, 3.05) is 26.9 Å². The molecule has 94 valence electrons. The SMILES string of the molecule is COCC(=O)NCCOC1CCC(N)CC1. The highest BCUT2D eigenvalue weighted by Gasteiger charge is 2.18. The summed E-state index contributed by atoms with van der Waals surface area (Å²) in [6.07, 6.45) is 4.47. The van der Waals surface area contributed by atoms with Crippen molar-refractivity contribution in [2.45, 2.75) is 37.8 Å². The normalized spacial score (nSPS) is 25.4. The van der Waals surface area contributed by atoms with E-state index in [0.29, 0.717) is 25.3 Å². The van der Waals surface area contributed by atoms with E-state index in [9.17, 15) is 4.79 Å². The first-order chi connectivity index (χ1) is 7.72. The number of nitrogens with one attached hydrogen (secondary N) is 1. The van der Waals surface area contributed by atoms with Crippen LogP contribution in [0.25, 0.3) is 0 Å². The van der Waals surface area contributed by atoms with Crippen LogP contribution in [-0.4, -0.2) is 44.9 Å². The van der Waals surface area contributed by atoms with Gasteiger partial charge >= 0.3 is 0 Å². The van der Waals surface area contributed by atoms with E-state index in [0.717, 1.165) is 25.7 Å². The molecule has 1 fully saturated rings. The molecule has 0 atom stereocenters. The lowest BCUT2D eigenvalue weighted by atomic mass is 9.94. The number of nitrogens with two attached hydrogens (primary N) is 1. The zero-order valence-corrected chi connectivity index (χ0v) is 9.91. The highest BCUT2D eigenvalue weighted by atomic mass is 16.5. The van der Waals surface area contributed by atoms with Gasteiger partial charge in [0.1, 0.15) is 6.61 Å². The minimum Gasteiger partial charge on any atom is -0.376 e. The molecule has 0 spiro atoms. The second kappa shape index (κ2) is 7.60. The van der Waals surface area contributed by atoms with Gasteiger partial charge in [-0.3, -0.25) is 4.79 Å². The first-order valence-corrected chi connectivity index (χ1v) is 5.85. The molecular weight excluding hydrogens is 208 g/mol. The van der Waals surface area contributed by atoms with E-state index in [4.69, 9.17) is 15.2 Å². The predicted octanol–water partition coefficient (Wildman–Crippen LogP) is 0.0355. The number of hydrogen-bond donors (Lipinski definition) is 2. The Morgan fingerprint density at radius 1 is 1.38 bits per heavy atom. The van der Waals surface area contributed by atoms with Crippen molar-refractivity contribution < 1.29 is 14.3 Å². The average molecular weight is 230 g/mol. The van der Waals surface area contributed by atoms with Crippen molar-refractivity contribution in [1.82, 2.24) is 5.32 Å². The molecule has 0 heterocycles. The first-order valence-electron chi connectivity index (χ1n) is 5.85. The Morgan fingerprint density at radius 2 is 2.06 bits per heavy atom. The molecular formula is C11H22N2O3. The lowest BCUT2D eigenvalue weighted by Crippen LogP contribution is -2.34. The highest BCUT2D eigenvalue weighted by molar-refractivity contribution is 5.77. The maximum atomic E-state index is 11.0. The van der Waals surface area contributed by atoms with E-state index in [1.807, 2.05) is 0 Å². The predicted molar refractivity (Wildman–Crippen MR) is 61.1 cm³/mol. The molecule has 16 heavy (non-hydrogen) atoms. The van der Waals surface area contributed by atoms with Crippen LogP contribution in [0.3, 0.4) is 0 Å². The summed E-state index contributed by atoms with van der Waals surface area (Å²) in [5.41, 5.74) is 5.80. The largest absolute Gasteiger partial charge is 0.376 e. The third-order valence-corrected chi connectivity index (χ3v) is 2.77. The molecule has 0 saturated heterocycles. The number of carbonyl (C=O) groups excluding carboxylic acids is 1. The zero-order chi connectivity index (χ0) is 11.8. The van der Waals surface area contributed by atoms with Crippen LogP contribution >= 0.6 is 0 Å². The Labute approximate surface area is 96.7 Å². The van der Waals surface area contributed by atoms with Crippen LogP contribution in [0.4, 0.5) is 0 Å². The smallest absolute Gasteiger partial charge is 0.246 e. The van der Waals surface area contributed by atoms with Crippen LogP contribution < -0.4 is 11.1 Å². The average Bonchev–Trinajstić information content (AvgIpc) is 2.27. The van der Waals surface area contributed by atoms with Crippen LogP contribution in [0.15, 0.2) is 0 Å². The van der Waals surface area contributed by atoms with Gasteiger partial charge < -0.3 is 20.5 Å². The van der Waals surface area contributed by atoms with E-state index in [-0.39, 0.29) is 12.5 Å². The Morgan fingerprint density at radius 3 is 2.69 bits per heavy atom. The second-order valence-corrected chi connectivity index (χ2v) is 4.19. The molecule has 0 aliphatic heterocycles. The molecule has 1 aliphatic carbocycles. The first kappa shape index (κ1) is 13.4. The zero-order valence-electron chi connectivity index (χ0n) is 9.91. The molecule has 0 aromatic heterocycles. The molecule has 0 bridgehead atoms. The van der Waals surface area contributed by atoms with Gasteiger partial charge in [-0.15, -0.1) is 0 Å². The van der Waals surface area contributed by atoms with E-state index < -0.39 is 0 Å². The second-order valence-electron chi connectivity index (χ2n) is 4.19. The monoisotopic (exact) mass is 230 g/mol. The molecule has 0 aromatic rings. The van der Waals surface area contributed by atoms with Gasteiger partial charge in [0.05, 0.1) is 12.7 Å². The molecule has 1 amide bonds. The summed E-state index contributed by atoms with van der Waals surface area (Å²) in [6, 6.07) is 0.348. The molecule has 1 saturated carbocycles. The van der Waals surface area contributed by atoms with Gasteiger partial charge in [0.15, 0.2) is 0 Å². The third kappa shape index (κ3) is 5.44. The number of ether oxygens (including phenoxy) is 2. The summed E-state index contributed by atoms with van der Waals surface area (Å²) in [4.78, 5) is 11.0. The van der Waals surface area contributed by atoms with Crippen molar-refractivity contribution >= 4 is 5.91 Å². The number of amides is 1. The van der Waals surface area contributed by atoms with Gasteiger partial charge in [-0.1, -0.05) is 0 Å². The Hall–Kier alpha value is -0.650. The fourth-order valence-corrected chi connectivity index (χ4v) is 1.85. The van der Waals surface area contributed by atoms with Gasteiger partial charge in [0.2, 0.25) is 5.91 Å². The maximum Gasteiger partial charge on any atom is 0.246 e. The Balaban J connectivity index is 1.97. The molecule has 0 unspecified atom stereocenters. The van der Waals surface area contributed by atoms with Crippen molar-refractivity contribution in [3.05, 3.63) is 0 Å². The van der Waals surface area contributed by atoms with Crippen LogP contribution in [0.1, 0.15) is 25.7 Å². The minimum atomic E-state index is -0.100.